The van der Waals surface area contributed by atoms with Gasteiger partial charge in [0.05, 0.1) is 12.5 Å². The highest BCUT2D eigenvalue weighted by Crippen LogP contribution is 2.30. The second-order valence-electron chi connectivity index (χ2n) is 5.00. The molecule has 1 aliphatic rings. The van der Waals surface area contributed by atoms with Crippen LogP contribution in [0.15, 0.2) is 24.3 Å². The summed E-state index contributed by atoms with van der Waals surface area (Å²) in [5.74, 6) is 0.539. The molecular weight excluding hydrogens is 240 g/mol. The first kappa shape index (κ1) is 13.9. The molecule has 3 N–H and O–H groups in total. The molecule has 1 aromatic rings. The molecule has 1 fully saturated rings. The van der Waals surface area contributed by atoms with Gasteiger partial charge in [-0.15, -0.1) is 0 Å². The van der Waals surface area contributed by atoms with Crippen LogP contribution in [0, 0.1) is 5.92 Å². The normalized spacial score (nSPS) is 23.0. The molecule has 1 aliphatic heterocycles. The molecule has 19 heavy (non-hydrogen) atoms. The summed E-state index contributed by atoms with van der Waals surface area (Å²) in [5.41, 5.74) is 6.59. The van der Waals surface area contributed by atoms with Crippen LogP contribution in [-0.2, 0) is 4.79 Å². The molecule has 1 saturated heterocycles. The molecule has 0 saturated carbocycles. The van der Waals surface area contributed by atoms with Crippen molar-refractivity contribution in [2.24, 2.45) is 11.7 Å². The van der Waals surface area contributed by atoms with E-state index in [-0.39, 0.29) is 17.9 Å². The second kappa shape index (κ2) is 6.57. The minimum atomic E-state index is -0.219. The van der Waals surface area contributed by atoms with E-state index < -0.39 is 0 Å². The van der Waals surface area contributed by atoms with E-state index in [9.17, 15) is 4.79 Å². The van der Waals surface area contributed by atoms with Crippen molar-refractivity contribution in [3.63, 3.8) is 0 Å². The molecule has 2 atom stereocenters. The monoisotopic (exact) mass is 262 g/mol. The molecule has 0 radical (unpaired) electrons. The van der Waals surface area contributed by atoms with E-state index in [1.807, 2.05) is 24.3 Å². The van der Waals surface area contributed by atoms with Gasteiger partial charge in [-0.25, -0.2) is 0 Å². The molecule has 1 heterocycles. The predicted octanol–water partition coefficient (Wildman–Crippen LogP) is 2.00. The fourth-order valence-corrected chi connectivity index (χ4v) is 2.54. The lowest BCUT2D eigenvalue weighted by Gasteiger charge is -2.31. The topological polar surface area (TPSA) is 64.3 Å². The number of benzene rings is 1. The Hall–Kier alpha value is -1.55. The standard InChI is InChI=1S/C15H22N2O2/c1-2-10-19-12-7-5-11(6-8-12)14-13(15(16)18)4-3-9-17-14/h5-8,13-14,17H,2-4,9-10H2,1H3,(H2,16,18). The van der Waals surface area contributed by atoms with E-state index in [0.29, 0.717) is 0 Å². The van der Waals surface area contributed by atoms with Crippen LogP contribution in [0.5, 0.6) is 5.75 Å². The number of carbonyl (C=O) groups is 1. The van der Waals surface area contributed by atoms with E-state index in [0.717, 1.165) is 43.7 Å². The molecule has 2 unspecified atom stereocenters. The van der Waals surface area contributed by atoms with Gasteiger partial charge in [0.2, 0.25) is 5.91 Å². The first-order valence-corrected chi connectivity index (χ1v) is 6.98. The lowest BCUT2D eigenvalue weighted by Crippen LogP contribution is -2.40. The first-order valence-electron chi connectivity index (χ1n) is 6.98. The maximum atomic E-state index is 11.5. The highest BCUT2D eigenvalue weighted by molar-refractivity contribution is 5.77. The van der Waals surface area contributed by atoms with Gasteiger partial charge >= 0.3 is 0 Å². The zero-order chi connectivity index (χ0) is 13.7. The number of piperidine rings is 1. The molecule has 1 amide bonds. The summed E-state index contributed by atoms with van der Waals surface area (Å²) in [6, 6.07) is 7.98. The Kier molecular flexibility index (Phi) is 4.80. The number of carbonyl (C=O) groups excluding carboxylic acids is 1. The average molecular weight is 262 g/mol. The molecule has 4 nitrogen and oxygen atoms in total. The largest absolute Gasteiger partial charge is 0.494 e. The fourth-order valence-electron chi connectivity index (χ4n) is 2.54. The molecule has 4 heteroatoms. The third kappa shape index (κ3) is 3.47. The van der Waals surface area contributed by atoms with Crippen molar-refractivity contribution in [1.29, 1.82) is 0 Å². The van der Waals surface area contributed by atoms with Crippen LogP contribution in [-0.4, -0.2) is 19.1 Å². The number of hydrogen-bond acceptors (Lipinski definition) is 3. The zero-order valence-corrected chi connectivity index (χ0v) is 11.4. The highest BCUT2D eigenvalue weighted by atomic mass is 16.5. The number of primary amides is 1. The van der Waals surface area contributed by atoms with Gasteiger partial charge in [0, 0.05) is 6.04 Å². The van der Waals surface area contributed by atoms with Gasteiger partial charge in [0.15, 0.2) is 0 Å². The quantitative estimate of drug-likeness (QED) is 0.853. The molecule has 0 aromatic heterocycles. The Morgan fingerprint density at radius 3 is 2.79 bits per heavy atom. The van der Waals surface area contributed by atoms with Crippen molar-refractivity contribution < 1.29 is 9.53 Å². The van der Waals surface area contributed by atoms with Crippen LogP contribution >= 0.6 is 0 Å². The van der Waals surface area contributed by atoms with Crippen LogP contribution in [0.2, 0.25) is 0 Å². The third-order valence-corrected chi connectivity index (χ3v) is 3.54. The van der Waals surface area contributed by atoms with Crippen LogP contribution in [0.4, 0.5) is 0 Å². The van der Waals surface area contributed by atoms with Gasteiger partial charge in [-0.2, -0.15) is 0 Å². The number of nitrogens with two attached hydrogens (primary N) is 1. The molecule has 0 spiro atoms. The van der Waals surface area contributed by atoms with E-state index in [1.54, 1.807) is 0 Å². The lowest BCUT2D eigenvalue weighted by atomic mass is 9.86. The number of amides is 1. The van der Waals surface area contributed by atoms with Gasteiger partial charge < -0.3 is 15.8 Å². The predicted molar refractivity (Wildman–Crippen MR) is 74.9 cm³/mol. The van der Waals surface area contributed by atoms with E-state index >= 15 is 0 Å². The Balaban J connectivity index is 2.09. The zero-order valence-electron chi connectivity index (χ0n) is 11.4. The fraction of sp³-hybridized carbons (Fsp3) is 0.533. The maximum absolute atomic E-state index is 11.5. The summed E-state index contributed by atoms with van der Waals surface area (Å²) in [7, 11) is 0. The maximum Gasteiger partial charge on any atom is 0.222 e. The first-order chi connectivity index (χ1) is 9.22. The molecule has 0 bridgehead atoms. The van der Waals surface area contributed by atoms with E-state index in [4.69, 9.17) is 10.5 Å². The average Bonchev–Trinajstić information content (AvgIpc) is 2.45. The van der Waals surface area contributed by atoms with Gasteiger partial charge in [0.25, 0.3) is 0 Å². The Morgan fingerprint density at radius 2 is 2.16 bits per heavy atom. The van der Waals surface area contributed by atoms with Gasteiger partial charge in [-0.1, -0.05) is 19.1 Å². The summed E-state index contributed by atoms with van der Waals surface area (Å²) in [4.78, 5) is 11.5. The van der Waals surface area contributed by atoms with Gasteiger partial charge in [-0.05, 0) is 43.5 Å². The van der Waals surface area contributed by atoms with Gasteiger partial charge in [-0.3, -0.25) is 4.79 Å². The molecule has 0 aliphatic carbocycles. The van der Waals surface area contributed by atoms with Gasteiger partial charge in [0.1, 0.15) is 5.75 Å². The van der Waals surface area contributed by atoms with Crippen molar-refractivity contribution in [3.8, 4) is 5.75 Å². The number of rotatable bonds is 5. The SMILES string of the molecule is CCCOc1ccc(C2NCCCC2C(N)=O)cc1. The summed E-state index contributed by atoms with van der Waals surface area (Å²) >= 11 is 0. The van der Waals surface area contributed by atoms with Crippen LogP contribution in [0.3, 0.4) is 0 Å². The van der Waals surface area contributed by atoms with Crippen LogP contribution in [0.1, 0.15) is 37.8 Å². The van der Waals surface area contributed by atoms with E-state index in [2.05, 4.69) is 12.2 Å². The second-order valence-corrected chi connectivity index (χ2v) is 5.00. The highest BCUT2D eigenvalue weighted by Gasteiger charge is 2.30. The van der Waals surface area contributed by atoms with E-state index in [1.165, 1.54) is 0 Å². The Morgan fingerprint density at radius 1 is 1.42 bits per heavy atom. The van der Waals surface area contributed by atoms with Crippen molar-refractivity contribution in [2.75, 3.05) is 13.2 Å². The number of nitrogens with one attached hydrogen (secondary N) is 1. The molecular formula is C15H22N2O2. The van der Waals surface area contributed by atoms with Crippen molar-refractivity contribution in [3.05, 3.63) is 29.8 Å². The number of hydrogen-bond donors (Lipinski definition) is 2. The molecule has 104 valence electrons. The van der Waals surface area contributed by atoms with Crippen LogP contribution < -0.4 is 15.8 Å². The van der Waals surface area contributed by atoms with Crippen molar-refractivity contribution >= 4 is 5.91 Å². The Labute approximate surface area is 114 Å². The summed E-state index contributed by atoms with van der Waals surface area (Å²) in [6.45, 7) is 3.74. The van der Waals surface area contributed by atoms with Crippen molar-refractivity contribution in [1.82, 2.24) is 5.32 Å². The minimum Gasteiger partial charge on any atom is -0.494 e. The third-order valence-electron chi connectivity index (χ3n) is 3.54. The lowest BCUT2D eigenvalue weighted by molar-refractivity contribution is -0.123. The summed E-state index contributed by atoms with van der Waals surface area (Å²) < 4.78 is 5.56. The number of ether oxygens (including phenoxy) is 1. The summed E-state index contributed by atoms with van der Waals surface area (Å²) in [6.07, 6.45) is 2.86. The summed E-state index contributed by atoms with van der Waals surface area (Å²) in [5, 5.41) is 3.39. The van der Waals surface area contributed by atoms with Crippen LogP contribution in [0.25, 0.3) is 0 Å². The Bertz CT molecular complexity index is 417. The smallest absolute Gasteiger partial charge is 0.222 e. The minimum absolute atomic E-state index is 0.0338. The molecule has 2 rings (SSSR count). The molecule has 1 aromatic carbocycles. The van der Waals surface area contributed by atoms with Crippen molar-refractivity contribution in [2.45, 2.75) is 32.2 Å².